The zero-order valence-corrected chi connectivity index (χ0v) is 11.5. The van der Waals surface area contributed by atoms with Gasteiger partial charge in [-0.05, 0) is 0 Å². The van der Waals surface area contributed by atoms with Gasteiger partial charge in [0.25, 0.3) is 0 Å². The van der Waals surface area contributed by atoms with E-state index in [1.54, 1.807) is 0 Å². The van der Waals surface area contributed by atoms with Gasteiger partial charge in [-0.2, -0.15) is 0 Å². The van der Waals surface area contributed by atoms with E-state index in [9.17, 15) is 0 Å². The van der Waals surface area contributed by atoms with Gasteiger partial charge >= 0.3 is 68.7 Å². The Kier molecular flexibility index (Phi) is 9990. The van der Waals surface area contributed by atoms with Crippen molar-refractivity contribution in [1.82, 2.24) is 0 Å². The van der Waals surface area contributed by atoms with Crippen LogP contribution in [0.25, 0.3) is 0 Å². The van der Waals surface area contributed by atoms with Crippen molar-refractivity contribution < 1.29 is 83.1 Å². The summed E-state index contributed by atoms with van der Waals surface area (Å²) in [5, 5.41) is 0. The van der Waals surface area contributed by atoms with E-state index in [1.807, 2.05) is 0 Å². The van der Waals surface area contributed by atoms with E-state index in [-0.39, 0.29) is 107 Å². The average Bonchev–Trinajstić information content (AvgIpc) is 0. The number of hydrogen-bond acceptors (Lipinski definition) is 0. The van der Waals surface area contributed by atoms with Crippen LogP contribution in [0.3, 0.4) is 0 Å². The van der Waals surface area contributed by atoms with Gasteiger partial charge in [0.15, 0.2) is 0 Å². The van der Waals surface area contributed by atoms with Crippen molar-refractivity contribution in [3.63, 3.8) is 0 Å². The minimum atomic E-state index is 0. The van der Waals surface area contributed by atoms with Crippen LogP contribution in [0.15, 0.2) is 0 Å². The fourth-order valence-electron chi connectivity index (χ4n) is 0. The Bertz CT molecular complexity index is 11.6. The molecule has 0 atom stereocenters. The van der Waals surface area contributed by atoms with E-state index in [1.165, 1.54) is 0 Å². The van der Waals surface area contributed by atoms with Crippen molar-refractivity contribution in [2.24, 2.45) is 0 Å². The number of rotatable bonds is 0. The van der Waals surface area contributed by atoms with Gasteiger partial charge in [0.2, 0.25) is 0 Å². The topological polar surface area (TPSA) is 200 Å². The second kappa shape index (κ2) is 275. The molecule has 0 N–H and O–H groups in total. The van der Waals surface area contributed by atoms with E-state index in [4.69, 9.17) is 0 Å². The molecule has 10 heavy (non-hydrogen) atoms. The van der Waals surface area contributed by atoms with Gasteiger partial charge in [-0.15, -0.1) is 0 Å². The van der Waals surface area contributed by atoms with Gasteiger partial charge in [0.05, 0.1) is 0 Å². The van der Waals surface area contributed by atoms with Crippen LogP contribution in [0.5, 0.6) is 0 Å². The number of hydrogen-bond donors (Lipinski definition) is 0. The predicted molar refractivity (Wildman–Crippen MR) is 10.6 cm³/mol. The van der Waals surface area contributed by atoms with E-state index in [0.29, 0.717) is 0 Å². The molecule has 0 spiro atoms. The van der Waals surface area contributed by atoms with Crippen LogP contribution in [0.1, 0.15) is 0 Å². The summed E-state index contributed by atoms with van der Waals surface area (Å²) in [5.74, 6) is 0. The Hall–Kier alpha value is 2.00. The smallest absolute Gasteiger partial charge is 2.00 e. The van der Waals surface area contributed by atoms with Crippen LogP contribution in [0.2, 0.25) is 0 Å². The summed E-state index contributed by atoms with van der Waals surface area (Å²) in [6.45, 7) is 0. The summed E-state index contributed by atoms with van der Waals surface area (Å²) in [6.07, 6.45) is 0. The van der Waals surface area contributed by atoms with Crippen molar-refractivity contribution in [1.29, 1.82) is 0 Å². The van der Waals surface area contributed by atoms with Crippen molar-refractivity contribution in [3.8, 4) is 0 Å². The molecule has 0 saturated carbocycles. The first-order valence-electron chi connectivity index (χ1n) is 0. The third kappa shape index (κ3) is 203. The van der Waals surface area contributed by atoms with Gasteiger partial charge in [0, 0.05) is 0 Å². The molecule has 0 aliphatic carbocycles. The van der Waals surface area contributed by atoms with Crippen LogP contribution in [0.4, 0.5) is 0 Å². The van der Waals surface area contributed by atoms with Gasteiger partial charge < -0.3 is 38.3 Å². The SMILES string of the molecule is [Nb+5].[Nb+5].[O-2].[O-2].[O-2].[O-2].[O-2].[O-2].[O-2].[Sn+4]. The summed E-state index contributed by atoms with van der Waals surface area (Å²) in [5.41, 5.74) is 0. The Labute approximate surface area is 106 Å². The molecule has 0 unspecified atom stereocenters. The minimum absolute atomic E-state index is 0. The summed E-state index contributed by atoms with van der Waals surface area (Å²) in [4.78, 5) is 0. The van der Waals surface area contributed by atoms with Crippen LogP contribution >= 0.6 is 0 Å². The fourth-order valence-corrected chi connectivity index (χ4v) is 0. The molecule has 0 heterocycles. The Morgan fingerprint density at radius 2 is 0.300 bits per heavy atom. The van der Waals surface area contributed by atoms with Crippen molar-refractivity contribution in [2.45, 2.75) is 0 Å². The molecule has 0 fully saturated rings. The quantitative estimate of drug-likeness (QED) is 0.427. The Balaban J connectivity index is 0. The Morgan fingerprint density at radius 1 is 0.300 bits per heavy atom. The molecular formula is Nb2O7Sn. The molecule has 0 radical (unpaired) electrons. The van der Waals surface area contributed by atoms with E-state index >= 15 is 0 Å². The molecule has 7 nitrogen and oxygen atoms in total. The zero-order chi connectivity index (χ0) is 0. The molecule has 10 heteroatoms. The van der Waals surface area contributed by atoms with Gasteiger partial charge in [0.1, 0.15) is 0 Å². The van der Waals surface area contributed by atoms with Gasteiger partial charge in [-0.1, -0.05) is 0 Å². The maximum absolute atomic E-state index is 0. The Morgan fingerprint density at radius 3 is 0.300 bits per heavy atom. The monoisotopic (exact) mass is 418 g/mol. The molecule has 0 aromatic heterocycles. The summed E-state index contributed by atoms with van der Waals surface area (Å²) >= 11 is 0. The standard InChI is InChI=1S/2Nb.7O.Sn/q2*+5;7*-2;+4. The zero-order valence-electron chi connectivity index (χ0n) is 4.25. The third-order valence-electron chi connectivity index (χ3n) is 0. The van der Waals surface area contributed by atoms with Gasteiger partial charge in [-0.25, -0.2) is 0 Å². The normalized spacial score (nSPS) is 0. The summed E-state index contributed by atoms with van der Waals surface area (Å²) in [6, 6.07) is 0. The van der Waals surface area contributed by atoms with E-state index < -0.39 is 0 Å². The average molecular weight is 417 g/mol. The first kappa shape index (κ1) is 363. The molecule has 0 rings (SSSR count). The first-order chi connectivity index (χ1) is 0. The molecule has 0 aromatic rings. The predicted octanol–water partition coefficient (Wildman–Crippen LogP) is -1.22. The van der Waals surface area contributed by atoms with Gasteiger partial charge in [-0.3, -0.25) is 0 Å². The van der Waals surface area contributed by atoms with Crippen molar-refractivity contribution in [2.75, 3.05) is 0 Å². The van der Waals surface area contributed by atoms with Crippen LogP contribution in [-0.4, -0.2) is 23.9 Å². The first-order valence-corrected chi connectivity index (χ1v) is 0. The van der Waals surface area contributed by atoms with Crippen LogP contribution in [-0.2, 0) is 83.1 Å². The molecule has 56 valence electrons. The molecular weight excluding hydrogens is 417 g/mol. The minimum Gasteiger partial charge on any atom is -2.00 e. The molecule has 0 aliphatic rings. The largest absolute Gasteiger partial charge is 5.00 e. The molecule has 0 bridgehead atoms. The molecule has 0 aliphatic heterocycles. The fraction of sp³-hybridized carbons (Fsp3) is 0. The third-order valence-corrected chi connectivity index (χ3v) is 0. The summed E-state index contributed by atoms with van der Waals surface area (Å²) < 4.78 is 0. The van der Waals surface area contributed by atoms with E-state index in [0.717, 1.165) is 0 Å². The molecule has 0 aromatic carbocycles. The van der Waals surface area contributed by atoms with Crippen LogP contribution in [0, 0.1) is 0 Å². The summed E-state index contributed by atoms with van der Waals surface area (Å²) in [7, 11) is 0. The van der Waals surface area contributed by atoms with Crippen molar-refractivity contribution >= 4 is 23.9 Å². The molecule has 0 amide bonds. The second-order valence-electron chi connectivity index (χ2n) is 0. The maximum Gasteiger partial charge on any atom is 5.00 e. The second-order valence-corrected chi connectivity index (χ2v) is 0. The maximum atomic E-state index is 0. The molecule has 0 saturated heterocycles. The van der Waals surface area contributed by atoms with Crippen molar-refractivity contribution in [3.05, 3.63) is 0 Å². The van der Waals surface area contributed by atoms with E-state index in [2.05, 4.69) is 0 Å². The van der Waals surface area contributed by atoms with Crippen LogP contribution < -0.4 is 0 Å².